The van der Waals surface area contributed by atoms with Gasteiger partial charge in [0.2, 0.25) is 0 Å². The molecule has 0 fully saturated rings. The van der Waals surface area contributed by atoms with E-state index in [4.69, 9.17) is 0 Å². The summed E-state index contributed by atoms with van der Waals surface area (Å²) in [6, 6.07) is 4.55. The van der Waals surface area contributed by atoms with E-state index in [1.54, 1.807) is 5.56 Å². The second-order valence-corrected chi connectivity index (χ2v) is 5.64. The van der Waals surface area contributed by atoms with Gasteiger partial charge in [0.05, 0.1) is 0 Å². The second kappa shape index (κ2) is 7.92. The molecule has 17 heavy (non-hydrogen) atoms. The Morgan fingerprint density at radius 1 is 0.941 bits per heavy atom. The molecule has 0 heterocycles. The summed E-state index contributed by atoms with van der Waals surface area (Å²) in [5.74, 6) is 1.21. The van der Waals surface area contributed by atoms with Gasteiger partial charge in [-0.15, -0.1) is 0 Å². The maximum absolute atomic E-state index is 3.61. The molecule has 0 nitrogen and oxygen atoms in total. The van der Waals surface area contributed by atoms with Crippen molar-refractivity contribution in [2.24, 2.45) is 0 Å². The van der Waals surface area contributed by atoms with Crippen LogP contribution >= 0.6 is 15.9 Å². The van der Waals surface area contributed by atoms with Crippen LogP contribution in [0, 0.1) is 0 Å². The zero-order valence-electron chi connectivity index (χ0n) is 12.4. The molecular weight excluding hydrogens is 272 g/mol. The fourth-order valence-corrected chi connectivity index (χ4v) is 2.61. The van der Waals surface area contributed by atoms with E-state index in [0.29, 0.717) is 11.8 Å². The van der Waals surface area contributed by atoms with Crippen LogP contribution in [0.3, 0.4) is 0 Å². The highest BCUT2D eigenvalue weighted by molar-refractivity contribution is 9.10. The van der Waals surface area contributed by atoms with E-state index in [1.165, 1.54) is 15.6 Å². The molecule has 1 rings (SSSR count). The van der Waals surface area contributed by atoms with Gasteiger partial charge in [-0.3, -0.25) is 0 Å². The van der Waals surface area contributed by atoms with Gasteiger partial charge in [0, 0.05) is 4.47 Å². The monoisotopic (exact) mass is 298 g/mol. The third kappa shape index (κ3) is 4.46. The first-order valence-electron chi connectivity index (χ1n) is 6.79. The molecule has 0 spiro atoms. The molecule has 0 radical (unpaired) electrons. The van der Waals surface area contributed by atoms with E-state index >= 15 is 0 Å². The van der Waals surface area contributed by atoms with Gasteiger partial charge in [-0.1, -0.05) is 64.4 Å². The van der Waals surface area contributed by atoms with Crippen molar-refractivity contribution in [3.63, 3.8) is 0 Å². The number of halogens is 1. The van der Waals surface area contributed by atoms with Crippen LogP contribution in [0.1, 0.15) is 77.0 Å². The zero-order chi connectivity index (χ0) is 13.6. The Bertz CT molecular complexity index is 308. The van der Waals surface area contributed by atoms with E-state index in [1.807, 2.05) is 13.8 Å². The van der Waals surface area contributed by atoms with Gasteiger partial charge in [0.15, 0.2) is 0 Å². The summed E-state index contributed by atoms with van der Waals surface area (Å²) in [7, 11) is 0. The second-order valence-electron chi connectivity index (χ2n) is 4.73. The van der Waals surface area contributed by atoms with Crippen LogP contribution in [0.15, 0.2) is 16.6 Å². The van der Waals surface area contributed by atoms with E-state index in [0.717, 1.165) is 6.42 Å². The minimum atomic E-state index is 0.606. The number of hydrogen-bond acceptors (Lipinski definition) is 0. The summed E-state index contributed by atoms with van der Waals surface area (Å²) in [6.07, 6.45) is 1.13. The minimum absolute atomic E-state index is 0.606. The Morgan fingerprint density at radius 3 is 1.53 bits per heavy atom. The summed E-state index contributed by atoms with van der Waals surface area (Å²) in [4.78, 5) is 0. The van der Waals surface area contributed by atoms with E-state index in [2.05, 4.69) is 62.7 Å². The lowest BCUT2D eigenvalue weighted by molar-refractivity contribution is 0.799. The Morgan fingerprint density at radius 2 is 1.29 bits per heavy atom. The van der Waals surface area contributed by atoms with Crippen molar-refractivity contribution in [2.75, 3.05) is 0 Å². The lowest BCUT2D eigenvalue weighted by Gasteiger charge is -2.19. The van der Waals surface area contributed by atoms with Crippen LogP contribution in [0.5, 0.6) is 0 Å². The van der Waals surface area contributed by atoms with Crippen molar-refractivity contribution < 1.29 is 0 Å². The Balaban J connectivity index is 0.00000121. The fraction of sp³-hybridized carbons (Fsp3) is 0.625. The third-order valence-electron chi connectivity index (χ3n) is 2.88. The summed E-state index contributed by atoms with van der Waals surface area (Å²) in [5, 5.41) is 0. The SMILES string of the molecule is CC.CCc1c(C(C)C)cc(Br)cc1C(C)C. The molecular formula is C16H27Br. The highest BCUT2D eigenvalue weighted by atomic mass is 79.9. The Labute approximate surface area is 116 Å². The lowest BCUT2D eigenvalue weighted by atomic mass is 9.87. The molecule has 1 heteroatoms. The molecule has 0 aliphatic carbocycles. The molecule has 0 bridgehead atoms. The van der Waals surface area contributed by atoms with Crippen LogP contribution in [0.4, 0.5) is 0 Å². The Hall–Kier alpha value is -0.300. The van der Waals surface area contributed by atoms with E-state index in [-0.39, 0.29) is 0 Å². The highest BCUT2D eigenvalue weighted by Crippen LogP contribution is 2.31. The topological polar surface area (TPSA) is 0 Å². The van der Waals surface area contributed by atoms with Gasteiger partial charge in [-0.2, -0.15) is 0 Å². The minimum Gasteiger partial charge on any atom is -0.0683 e. The van der Waals surface area contributed by atoms with Crippen molar-refractivity contribution in [2.45, 2.75) is 66.7 Å². The molecule has 0 atom stereocenters. The predicted molar refractivity (Wildman–Crippen MR) is 83.0 cm³/mol. The maximum atomic E-state index is 3.61. The summed E-state index contributed by atoms with van der Waals surface area (Å²) in [6.45, 7) is 15.3. The Kier molecular flexibility index (Phi) is 7.78. The van der Waals surface area contributed by atoms with Crippen LogP contribution in [0.25, 0.3) is 0 Å². The van der Waals surface area contributed by atoms with Crippen LogP contribution < -0.4 is 0 Å². The molecule has 0 saturated carbocycles. The normalized spacial score (nSPS) is 10.5. The molecule has 0 amide bonds. The van der Waals surface area contributed by atoms with E-state index in [9.17, 15) is 0 Å². The van der Waals surface area contributed by atoms with Crippen molar-refractivity contribution in [1.29, 1.82) is 0 Å². The first-order chi connectivity index (χ1) is 7.97. The number of rotatable bonds is 3. The number of benzene rings is 1. The molecule has 98 valence electrons. The average Bonchev–Trinajstić information content (AvgIpc) is 2.30. The first kappa shape index (κ1) is 16.7. The standard InChI is InChI=1S/C14H21Br.C2H6/c1-6-12-13(9(2)3)7-11(15)8-14(12)10(4)5;1-2/h7-10H,6H2,1-5H3;1-2H3. The molecule has 0 aliphatic heterocycles. The largest absolute Gasteiger partial charge is 0.0683 e. The van der Waals surface area contributed by atoms with Gasteiger partial charge >= 0.3 is 0 Å². The van der Waals surface area contributed by atoms with Gasteiger partial charge in [-0.25, -0.2) is 0 Å². The predicted octanol–water partition coefficient (Wildman–Crippen LogP) is 6.28. The first-order valence-corrected chi connectivity index (χ1v) is 7.58. The molecule has 1 aromatic carbocycles. The lowest BCUT2D eigenvalue weighted by Crippen LogP contribution is -2.02. The van der Waals surface area contributed by atoms with Crippen molar-refractivity contribution in [1.82, 2.24) is 0 Å². The molecule has 0 unspecified atom stereocenters. The molecule has 1 aromatic rings. The smallest absolute Gasteiger partial charge is 0.0181 e. The summed E-state index contributed by atoms with van der Waals surface area (Å²) >= 11 is 3.61. The van der Waals surface area contributed by atoms with Crippen molar-refractivity contribution in [3.8, 4) is 0 Å². The number of hydrogen-bond donors (Lipinski definition) is 0. The van der Waals surface area contributed by atoms with Gasteiger partial charge in [0.25, 0.3) is 0 Å². The molecule has 0 aliphatic rings. The average molecular weight is 299 g/mol. The molecule has 0 saturated heterocycles. The van der Waals surface area contributed by atoms with Gasteiger partial charge < -0.3 is 0 Å². The quantitative estimate of drug-likeness (QED) is 0.615. The van der Waals surface area contributed by atoms with Crippen LogP contribution in [-0.2, 0) is 6.42 Å². The highest BCUT2D eigenvalue weighted by Gasteiger charge is 2.13. The fourth-order valence-electron chi connectivity index (χ4n) is 2.12. The van der Waals surface area contributed by atoms with Crippen LogP contribution in [0.2, 0.25) is 0 Å². The van der Waals surface area contributed by atoms with Crippen molar-refractivity contribution >= 4 is 15.9 Å². The maximum Gasteiger partial charge on any atom is 0.0181 e. The van der Waals surface area contributed by atoms with E-state index < -0.39 is 0 Å². The molecule has 0 N–H and O–H groups in total. The van der Waals surface area contributed by atoms with Gasteiger partial charge in [0.1, 0.15) is 0 Å². The zero-order valence-corrected chi connectivity index (χ0v) is 14.0. The summed E-state index contributed by atoms with van der Waals surface area (Å²) < 4.78 is 1.21. The van der Waals surface area contributed by atoms with Crippen molar-refractivity contribution in [3.05, 3.63) is 33.3 Å². The summed E-state index contributed by atoms with van der Waals surface area (Å²) in [5.41, 5.74) is 4.54. The molecule has 0 aromatic heterocycles. The third-order valence-corrected chi connectivity index (χ3v) is 3.34. The van der Waals surface area contributed by atoms with Gasteiger partial charge in [-0.05, 0) is 47.1 Å². The van der Waals surface area contributed by atoms with Crippen LogP contribution in [-0.4, -0.2) is 0 Å².